The normalized spacial score (nSPS) is 25.1. The van der Waals surface area contributed by atoms with Gasteiger partial charge in [-0.05, 0) is 37.2 Å². The third kappa shape index (κ3) is 2.77. The molecule has 1 N–H and O–H groups in total. The number of hydrogen-bond donors (Lipinski definition) is 1. The van der Waals surface area contributed by atoms with Gasteiger partial charge in [0.15, 0.2) is 0 Å². The largest absolute Gasteiger partial charge is 0.392 e. The van der Waals surface area contributed by atoms with Crippen LogP contribution in [-0.4, -0.2) is 21.0 Å². The van der Waals surface area contributed by atoms with Gasteiger partial charge < -0.3 is 5.11 Å². The van der Waals surface area contributed by atoms with E-state index in [4.69, 9.17) is 0 Å². The molecule has 3 heteroatoms. The Morgan fingerprint density at radius 3 is 2.78 bits per heavy atom. The molecule has 1 aromatic rings. The molecular weight excluding hydrogens is 224 g/mol. The Kier molecular flexibility index (Phi) is 3.81. The van der Waals surface area contributed by atoms with Crippen molar-refractivity contribution in [3.05, 3.63) is 17.5 Å². The number of rotatable bonds is 3. The summed E-state index contributed by atoms with van der Waals surface area (Å²) in [6, 6.07) is 2.08. The average molecular weight is 250 g/mol. The molecule has 0 aromatic carbocycles. The van der Waals surface area contributed by atoms with Crippen molar-refractivity contribution in [1.29, 1.82) is 0 Å². The number of aliphatic hydroxyl groups is 1. The molecule has 1 aromatic heterocycles. The van der Waals surface area contributed by atoms with E-state index < -0.39 is 0 Å². The first-order valence-corrected chi connectivity index (χ1v) is 7.08. The first kappa shape index (κ1) is 13.6. The smallest absolute Gasteiger partial charge is 0.0628 e. The topological polar surface area (TPSA) is 38.0 Å². The molecule has 0 bridgehead atoms. The van der Waals surface area contributed by atoms with Gasteiger partial charge in [0.25, 0.3) is 0 Å². The third-order valence-corrected chi connectivity index (χ3v) is 4.57. The highest BCUT2D eigenvalue weighted by Crippen LogP contribution is 2.42. The Hall–Kier alpha value is -0.830. The van der Waals surface area contributed by atoms with Crippen molar-refractivity contribution in [1.82, 2.24) is 9.78 Å². The second-order valence-electron chi connectivity index (χ2n) is 6.51. The van der Waals surface area contributed by atoms with E-state index in [-0.39, 0.29) is 11.5 Å². The Morgan fingerprint density at radius 2 is 2.22 bits per heavy atom. The van der Waals surface area contributed by atoms with E-state index in [1.54, 1.807) is 0 Å². The molecular formula is C15H26N2O. The average Bonchev–Trinajstić information content (AvgIpc) is 2.56. The number of aryl methyl sites for hydroxylation is 2. The molecule has 18 heavy (non-hydrogen) atoms. The molecule has 102 valence electrons. The number of aromatic nitrogens is 2. The highest BCUT2D eigenvalue weighted by molar-refractivity contribution is 5.10. The van der Waals surface area contributed by atoms with Gasteiger partial charge in [-0.3, -0.25) is 4.68 Å². The van der Waals surface area contributed by atoms with Gasteiger partial charge in [0.1, 0.15) is 0 Å². The fourth-order valence-electron chi connectivity index (χ4n) is 3.45. The molecule has 1 aliphatic carbocycles. The molecule has 0 radical (unpaired) electrons. The van der Waals surface area contributed by atoms with Gasteiger partial charge in [0.05, 0.1) is 11.8 Å². The highest BCUT2D eigenvalue weighted by Gasteiger charge is 2.36. The molecule has 0 saturated heterocycles. The van der Waals surface area contributed by atoms with Crippen molar-refractivity contribution >= 4 is 0 Å². The van der Waals surface area contributed by atoms with Crippen LogP contribution in [0.15, 0.2) is 6.07 Å². The molecule has 1 fully saturated rings. The van der Waals surface area contributed by atoms with Crippen LogP contribution in [0.3, 0.4) is 0 Å². The zero-order valence-corrected chi connectivity index (χ0v) is 12.1. The number of hydrogen-bond acceptors (Lipinski definition) is 2. The van der Waals surface area contributed by atoms with E-state index >= 15 is 0 Å². The van der Waals surface area contributed by atoms with Crippen LogP contribution in [0.4, 0.5) is 0 Å². The van der Waals surface area contributed by atoms with E-state index in [0.29, 0.717) is 5.92 Å². The minimum Gasteiger partial charge on any atom is -0.392 e. The first-order chi connectivity index (χ1) is 8.40. The van der Waals surface area contributed by atoms with Gasteiger partial charge in [0.2, 0.25) is 0 Å². The van der Waals surface area contributed by atoms with Crippen LogP contribution >= 0.6 is 0 Å². The van der Waals surface area contributed by atoms with Crippen molar-refractivity contribution in [2.45, 2.75) is 59.0 Å². The van der Waals surface area contributed by atoms with Crippen LogP contribution in [0.25, 0.3) is 0 Å². The van der Waals surface area contributed by atoms with E-state index in [9.17, 15) is 5.11 Å². The molecule has 2 atom stereocenters. The third-order valence-electron chi connectivity index (χ3n) is 4.57. The summed E-state index contributed by atoms with van der Waals surface area (Å²) in [6.07, 6.45) is 5.45. The van der Waals surface area contributed by atoms with Gasteiger partial charge in [-0.25, -0.2) is 0 Å². The standard InChI is InChI=1S/C15H26N2O/c1-11-9-12(17(4)16-11)10-14(18)13-7-5-6-8-15(13,2)3/h9,13-14,18H,5-8,10H2,1-4H3. The second kappa shape index (κ2) is 5.04. The lowest BCUT2D eigenvalue weighted by atomic mass is 9.66. The number of nitrogens with zero attached hydrogens (tertiary/aromatic N) is 2. The molecule has 0 spiro atoms. The lowest BCUT2D eigenvalue weighted by molar-refractivity contribution is 0.00487. The van der Waals surface area contributed by atoms with Crippen molar-refractivity contribution in [3.63, 3.8) is 0 Å². The first-order valence-electron chi connectivity index (χ1n) is 7.08. The second-order valence-corrected chi connectivity index (χ2v) is 6.51. The fourth-order valence-corrected chi connectivity index (χ4v) is 3.45. The van der Waals surface area contributed by atoms with Crippen molar-refractivity contribution in [2.75, 3.05) is 0 Å². The summed E-state index contributed by atoms with van der Waals surface area (Å²) in [5.74, 6) is 0.418. The predicted octanol–water partition coefficient (Wildman–Crippen LogP) is 2.85. The quantitative estimate of drug-likeness (QED) is 0.895. The summed E-state index contributed by atoms with van der Waals surface area (Å²) in [4.78, 5) is 0. The maximum atomic E-state index is 10.6. The van der Waals surface area contributed by atoms with Crippen molar-refractivity contribution in [2.24, 2.45) is 18.4 Å². The Bertz CT molecular complexity index is 409. The fraction of sp³-hybridized carbons (Fsp3) is 0.800. The summed E-state index contributed by atoms with van der Waals surface area (Å²) in [5, 5.41) is 14.9. The van der Waals surface area contributed by atoms with Crippen LogP contribution in [0, 0.1) is 18.3 Å². The minimum absolute atomic E-state index is 0.241. The summed E-state index contributed by atoms with van der Waals surface area (Å²) in [7, 11) is 1.96. The maximum absolute atomic E-state index is 10.6. The molecule has 1 heterocycles. The molecule has 0 amide bonds. The van der Waals surface area contributed by atoms with Crippen LogP contribution in [0.1, 0.15) is 50.9 Å². The highest BCUT2D eigenvalue weighted by atomic mass is 16.3. The predicted molar refractivity (Wildman–Crippen MR) is 73.4 cm³/mol. The molecule has 1 saturated carbocycles. The zero-order chi connectivity index (χ0) is 13.3. The SMILES string of the molecule is Cc1cc(CC(O)C2CCCCC2(C)C)n(C)n1. The summed E-state index contributed by atoms with van der Waals surface area (Å²) in [6.45, 7) is 6.60. The molecule has 2 unspecified atom stereocenters. The summed E-state index contributed by atoms with van der Waals surface area (Å²) in [5.41, 5.74) is 2.44. The van der Waals surface area contributed by atoms with Gasteiger partial charge in [0, 0.05) is 19.2 Å². The van der Waals surface area contributed by atoms with E-state index in [0.717, 1.165) is 24.2 Å². The summed E-state index contributed by atoms with van der Waals surface area (Å²) < 4.78 is 1.90. The van der Waals surface area contributed by atoms with Gasteiger partial charge in [-0.2, -0.15) is 5.10 Å². The Morgan fingerprint density at radius 1 is 1.50 bits per heavy atom. The van der Waals surface area contributed by atoms with Crippen molar-refractivity contribution < 1.29 is 5.11 Å². The Labute approximate surface area is 110 Å². The lowest BCUT2D eigenvalue weighted by Crippen LogP contribution is -2.38. The van der Waals surface area contributed by atoms with Gasteiger partial charge in [-0.15, -0.1) is 0 Å². The van der Waals surface area contributed by atoms with Crippen molar-refractivity contribution in [3.8, 4) is 0 Å². The summed E-state index contributed by atoms with van der Waals surface area (Å²) >= 11 is 0. The van der Waals surface area contributed by atoms with E-state index in [1.807, 2.05) is 18.7 Å². The molecule has 2 rings (SSSR count). The number of aliphatic hydroxyl groups excluding tert-OH is 1. The lowest BCUT2D eigenvalue weighted by Gasteiger charge is -2.41. The van der Waals surface area contributed by atoms with Crippen LogP contribution in [0.2, 0.25) is 0 Å². The maximum Gasteiger partial charge on any atom is 0.0628 e. The Balaban J connectivity index is 2.07. The van der Waals surface area contributed by atoms with E-state index in [1.165, 1.54) is 19.3 Å². The van der Waals surface area contributed by atoms with E-state index in [2.05, 4.69) is 25.0 Å². The van der Waals surface area contributed by atoms with Gasteiger partial charge >= 0.3 is 0 Å². The van der Waals surface area contributed by atoms with Gasteiger partial charge in [-0.1, -0.05) is 26.7 Å². The molecule has 1 aliphatic rings. The zero-order valence-electron chi connectivity index (χ0n) is 12.1. The molecule has 3 nitrogen and oxygen atoms in total. The van der Waals surface area contributed by atoms with Crippen LogP contribution in [0.5, 0.6) is 0 Å². The molecule has 0 aliphatic heterocycles. The minimum atomic E-state index is -0.241. The van der Waals surface area contributed by atoms with Crippen LogP contribution in [-0.2, 0) is 13.5 Å². The van der Waals surface area contributed by atoms with Crippen LogP contribution < -0.4 is 0 Å². The monoisotopic (exact) mass is 250 g/mol.